The van der Waals surface area contributed by atoms with Gasteiger partial charge in [0.1, 0.15) is 21.7 Å². The van der Waals surface area contributed by atoms with E-state index < -0.39 is 9.84 Å². The Kier molecular flexibility index (Phi) is 8.19. The van der Waals surface area contributed by atoms with Crippen molar-refractivity contribution in [2.75, 3.05) is 31.6 Å². The fourth-order valence-corrected chi connectivity index (χ4v) is 2.30. The van der Waals surface area contributed by atoms with Crippen LogP contribution in [-0.2, 0) is 9.84 Å². The molecule has 0 heterocycles. The van der Waals surface area contributed by atoms with E-state index in [2.05, 4.69) is 15.6 Å². The van der Waals surface area contributed by atoms with Crippen LogP contribution in [0.5, 0.6) is 5.75 Å². The zero-order valence-corrected chi connectivity index (χ0v) is 15.2. The normalized spacial score (nSPS) is 13.5. The standard InChI is InChI=1S/C15H24ClN3O3S/c1-4-17-15(18-9-10-23(3,20)21)19-11-12(2)22-14-7-5-13(16)6-8-14/h5-8,12H,4,9-11H2,1-3H3,(H2,17,18,19). The summed E-state index contributed by atoms with van der Waals surface area (Å²) in [6.07, 6.45) is 1.09. The van der Waals surface area contributed by atoms with Crippen LogP contribution in [0.3, 0.4) is 0 Å². The predicted molar refractivity (Wildman–Crippen MR) is 95.2 cm³/mol. The number of benzene rings is 1. The van der Waals surface area contributed by atoms with Crippen LogP contribution in [0.2, 0.25) is 5.02 Å². The van der Waals surface area contributed by atoms with Crippen molar-refractivity contribution in [2.45, 2.75) is 20.0 Å². The van der Waals surface area contributed by atoms with Crippen molar-refractivity contribution in [3.63, 3.8) is 0 Å². The van der Waals surface area contributed by atoms with Gasteiger partial charge in [-0.3, -0.25) is 0 Å². The zero-order valence-electron chi connectivity index (χ0n) is 13.7. The highest BCUT2D eigenvalue weighted by Crippen LogP contribution is 2.16. The average molecular weight is 362 g/mol. The summed E-state index contributed by atoms with van der Waals surface area (Å²) in [4.78, 5) is 4.40. The molecule has 0 aliphatic heterocycles. The minimum absolute atomic E-state index is 0.0637. The molecule has 0 bridgehead atoms. The molecule has 0 saturated heterocycles. The number of hydrogen-bond donors (Lipinski definition) is 2. The third kappa shape index (κ3) is 9.30. The lowest BCUT2D eigenvalue weighted by Gasteiger charge is -2.15. The van der Waals surface area contributed by atoms with Gasteiger partial charge < -0.3 is 15.4 Å². The molecular formula is C15H24ClN3O3S. The van der Waals surface area contributed by atoms with Crippen LogP contribution in [0.15, 0.2) is 29.3 Å². The Morgan fingerprint density at radius 1 is 1.30 bits per heavy atom. The maximum atomic E-state index is 11.1. The monoisotopic (exact) mass is 361 g/mol. The second kappa shape index (κ2) is 9.62. The molecule has 1 aromatic rings. The lowest BCUT2D eigenvalue weighted by molar-refractivity contribution is 0.230. The molecule has 2 N–H and O–H groups in total. The fraction of sp³-hybridized carbons (Fsp3) is 0.533. The van der Waals surface area contributed by atoms with E-state index in [4.69, 9.17) is 16.3 Å². The van der Waals surface area contributed by atoms with Gasteiger partial charge >= 0.3 is 0 Å². The van der Waals surface area contributed by atoms with Gasteiger partial charge in [0, 0.05) is 24.4 Å². The number of nitrogens with one attached hydrogen (secondary N) is 2. The topological polar surface area (TPSA) is 79.8 Å². The summed E-state index contributed by atoms with van der Waals surface area (Å²) in [5.41, 5.74) is 0. The fourth-order valence-electron chi connectivity index (χ4n) is 1.70. The van der Waals surface area contributed by atoms with Gasteiger partial charge in [-0.25, -0.2) is 13.4 Å². The number of hydrogen-bond acceptors (Lipinski definition) is 4. The second-order valence-corrected chi connectivity index (χ2v) is 7.85. The molecule has 1 aromatic carbocycles. The molecule has 0 aromatic heterocycles. The van der Waals surface area contributed by atoms with Gasteiger partial charge in [0.05, 0.1) is 12.3 Å². The first-order chi connectivity index (χ1) is 10.8. The molecule has 0 radical (unpaired) electrons. The molecule has 23 heavy (non-hydrogen) atoms. The summed E-state index contributed by atoms with van der Waals surface area (Å²) in [5.74, 6) is 1.36. The summed E-state index contributed by atoms with van der Waals surface area (Å²) in [7, 11) is -2.99. The lowest BCUT2D eigenvalue weighted by Crippen LogP contribution is -2.40. The number of halogens is 1. The van der Waals surface area contributed by atoms with Gasteiger partial charge in [0.25, 0.3) is 0 Å². The van der Waals surface area contributed by atoms with Gasteiger partial charge in [0.2, 0.25) is 0 Å². The van der Waals surface area contributed by atoms with E-state index in [1.165, 1.54) is 6.26 Å². The molecule has 8 heteroatoms. The first-order valence-corrected chi connectivity index (χ1v) is 9.86. The number of ether oxygens (including phenoxy) is 1. The number of aliphatic imine (C=N–C) groups is 1. The van der Waals surface area contributed by atoms with E-state index in [1.54, 1.807) is 24.3 Å². The molecule has 0 amide bonds. The number of guanidine groups is 1. The van der Waals surface area contributed by atoms with E-state index in [1.807, 2.05) is 13.8 Å². The molecule has 0 aliphatic rings. The van der Waals surface area contributed by atoms with Crippen LogP contribution in [0.25, 0.3) is 0 Å². The van der Waals surface area contributed by atoms with Crippen molar-refractivity contribution in [1.82, 2.24) is 10.6 Å². The summed E-state index contributed by atoms with van der Waals surface area (Å²) < 4.78 is 28.0. The van der Waals surface area contributed by atoms with Crippen molar-refractivity contribution in [2.24, 2.45) is 4.99 Å². The van der Waals surface area contributed by atoms with E-state index in [-0.39, 0.29) is 11.9 Å². The van der Waals surface area contributed by atoms with E-state index in [9.17, 15) is 8.42 Å². The zero-order chi connectivity index (χ0) is 17.3. The van der Waals surface area contributed by atoms with Crippen LogP contribution in [0, 0.1) is 0 Å². The number of nitrogens with zero attached hydrogens (tertiary/aromatic N) is 1. The van der Waals surface area contributed by atoms with Crippen molar-refractivity contribution in [1.29, 1.82) is 0 Å². The smallest absolute Gasteiger partial charge is 0.191 e. The van der Waals surface area contributed by atoms with E-state index in [0.717, 1.165) is 5.75 Å². The van der Waals surface area contributed by atoms with Gasteiger partial charge in [-0.05, 0) is 38.1 Å². The lowest BCUT2D eigenvalue weighted by atomic mass is 10.3. The quantitative estimate of drug-likeness (QED) is 0.544. The molecule has 1 atom stereocenters. The summed E-state index contributed by atoms with van der Waals surface area (Å²) in [6, 6.07) is 7.14. The maximum Gasteiger partial charge on any atom is 0.191 e. The van der Waals surface area contributed by atoms with Crippen LogP contribution >= 0.6 is 11.6 Å². The molecule has 0 fully saturated rings. The first-order valence-electron chi connectivity index (χ1n) is 7.42. The Labute approximate surface area is 143 Å². The Bertz CT molecular complexity index is 603. The first kappa shape index (κ1) is 19.6. The largest absolute Gasteiger partial charge is 0.489 e. The van der Waals surface area contributed by atoms with E-state index >= 15 is 0 Å². The molecule has 1 unspecified atom stereocenters. The van der Waals surface area contributed by atoms with Crippen LogP contribution in [-0.4, -0.2) is 52.1 Å². The SMILES string of the molecule is CCNC(=NCC(C)Oc1ccc(Cl)cc1)NCCS(C)(=O)=O. The molecule has 6 nitrogen and oxygen atoms in total. The van der Waals surface area contributed by atoms with Crippen LogP contribution in [0.4, 0.5) is 0 Å². The van der Waals surface area contributed by atoms with E-state index in [0.29, 0.717) is 30.6 Å². The highest BCUT2D eigenvalue weighted by atomic mass is 35.5. The summed E-state index contributed by atoms with van der Waals surface area (Å²) >= 11 is 5.83. The van der Waals surface area contributed by atoms with Crippen molar-refractivity contribution in [3.8, 4) is 5.75 Å². The average Bonchev–Trinajstić information content (AvgIpc) is 2.46. The Hall–Kier alpha value is -1.47. The van der Waals surface area contributed by atoms with Crippen molar-refractivity contribution < 1.29 is 13.2 Å². The third-order valence-electron chi connectivity index (χ3n) is 2.77. The van der Waals surface area contributed by atoms with Gasteiger partial charge in [0.15, 0.2) is 5.96 Å². The Morgan fingerprint density at radius 2 is 1.96 bits per heavy atom. The minimum atomic E-state index is -2.99. The minimum Gasteiger partial charge on any atom is -0.489 e. The van der Waals surface area contributed by atoms with Gasteiger partial charge in [-0.15, -0.1) is 0 Å². The van der Waals surface area contributed by atoms with Crippen molar-refractivity contribution >= 4 is 27.4 Å². The molecule has 0 spiro atoms. The number of rotatable bonds is 8. The highest BCUT2D eigenvalue weighted by Gasteiger charge is 2.06. The maximum absolute atomic E-state index is 11.1. The number of sulfone groups is 1. The van der Waals surface area contributed by atoms with Gasteiger partial charge in [-0.1, -0.05) is 11.6 Å². The third-order valence-corrected chi connectivity index (χ3v) is 3.96. The highest BCUT2D eigenvalue weighted by molar-refractivity contribution is 7.90. The van der Waals surface area contributed by atoms with Crippen molar-refractivity contribution in [3.05, 3.63) is 29.3 Å². The Balaban J connectivity index is 2.49. The molecule has 130 valence electrons. The summed E-state index contributed by atoms with van der Waals surface area (Å²) in [6.45, 7) is 5.31. The molecular weight excluding hydrogens is 338 g/mol. The molecule has 1 rings (SSSR count). The second-order valence-electron chi connectivity index (χ2n) is 5.16. The Morgan fingerprint density at radius 3 is 2.52 bits per heavy atom. The van der Waals surface area contributed by atoms with Crippen LogP contribution < -0.4 is 15.4 Å². The van der Waals surface area contributed by atoms with Gasteiger partial charge in [-0.2, -0.15) is 0 Å². The molecule has 0 saturated carbocycles. The summed E-state index contributed by atoms with van der Waals surface area (Å²) in [5, 5.41) is 6.72. The predicted octanol–water partition coefficient (Wildman–Crippen LogP) is 1.71. The van der Waals surface area contributed by atoms with Crippen LogP contribution in [0.1, 0.15) is 13.8 Å². The molecule has 0 aliphatic carbocycles.